The van der Waals surface area contributed by atoms with Crippen LogP contribution in [-0.4, -0.2) is 21.6 Å². The average molecular weight is 321 g/mol. The molecule has 0 amide bonds. The van der Waals surface area contributed by atoms with Gasteiger partial charge in [-0.2, -0.15) is 5.10 Å². The fourth-order valence-corrected chi connectivity index (χ4v) is 1.89. The second-order valence-corrected chi connectivity index (χ2v) is 6.48. The summed E-state index contributed by atoms with van der Waals surface area (Å²) in [5, 5.41) is 4.55. The van der Waals surface area contributed by atoms with Crippen LogP contribution in [0.1, 0.15) is 39.3 Å². The first-order chi connectivity index (χ1) is 10.3. The van der Waals surface area contributed by atoms with Crippen molar-refractivity contribution in [3.05, 3.63) is 42.1 Å². The van der Waals surface area contributed by atoms with Gasteiger partial charge in [0.1, 0.15) is 0 Å². The number of halogens is 1. The molecule has 1 aromatic heterocycles. The molecule has 0 saturated heterocycles. The summed E-state index contributed by atoms with van der Waals surface area (Å²) in [5.41, 5.74) is 0.974. The smallest absolute Gasteiger partial charge is 0.319 e. The predicted molar refractivity (Wildman–Crippen MR) is 87.8 cm³/mol. The summed E-state index contributed by atoms with van der Waals surface area (Å²) < 4.78 is 7.21. The quantitative estimate of drug-likeness (QED) is 0.613. The number of benzene rings is 1. The van der Waals surface area contributed by atoms with Crippen LogP contribution in [0.3, 0.4) is 0 Å². The van der Waals surface area contributed by atoms with E-state index in [4.69, 9.17) is 16.3 Å². The summed E-state index contributed by atoms with van der Waals surface area (Å²) in [6.45, 7) is 7.61. The maximum Gasteiger partial charge on any atom is 0.319 e. The van der Waals surface area contributed by atoms with Gasteiger partial charge in [-0.1, -0.05) is 32.0 Å². The molecular formula is C17H21ClN2O2. The van der Waals surface area contributed by atoms with Gasteiger partial charge in [0.25, 0.3) is 0 Å². The van der Waals surface area contributed by atoms with Crippen LogP contribution in [0.15, 0.2) is 36.4 Å². The monoisotopic (exact) mass is 320 g/mol. The van der Waals surface area contributed by atoms with Crippen LogP contribution in [0.5, 0.6) is 5.88 Å². The van der Waals surface area contributed by atoms with Crippen LogP contribution in [0.2, 0.25) is 0 Å². The van der Waals surface area contributed by atoms with Crippen LogP contribution in [0.25, 0.3) is 5.69 Å². The second kappa shape index (κ2) is 6.53. The Hall–Kier alpha value is -1.81. The van der Waals surface area contributed by atoms with Crippen LogP contribution in [0.4, 0.5) is 0 Å². The van der Waals surface area contributed by atoms with Crippen molar-refractivity contribution in [2.45, 2.75) is 33.6 Å². The van der Waals surface area contributed by atoms with Crippen molar-refractivity contribution in [3.8, 4) is 11.6 Å². The van der Waals surface area contributed by atoms with E-state index in [0.717, 1.165) is 11.4 Å². The van der Waals surface area contributed by atoms with E-state index >= 15 is 0 Å². The van der Waals surface area contributed by atoms with E-state index in [1.807, 2.05) is 44.2 Å². The zero-order chi connectivity index (χ0) is 16.3. The van der Waals surface area contributed by atoms with Crippen molar-refractivity contribution in [2.24, 2.45) is 5.41 Å². The van der Waals surface area contributed by atoms with Gasteiger partial charge in [0.15, 0.2) is 0 Å². The van der Waals surface area contributed by atoms with Crippen LogP contribution in [-0.2, 0) is 4.79 Å². The average Bonchev–Trinajstić information content (AvgIpc) is 2.92. The molecule has 0 aliphatic carbocycles. The Balaban J connectivity index is 2.40. The van der Waals surface area contributed by atoms with Crippen molar-refractivity contribution in [1.82, 2.24) is 9.78 Å². The lowest BCUT2D eigenvalue weighted by Gasteiger charge is -2.19. The highest BCUT2D eigenvalue weighted by Gasteiger charge is 2.30. The van der Waals surface area contributed by atoms with E-state index < -0.39 is 5.41 Å². The molecule has 0 radical (unpaired) electrons. The normalized spacial score (nSPS) is 11.7. The summed E-state index contributed by atoms with van der Waals surface area (Å²) in [6, 6.07) is 11.4. The SMILES string of the molecule is CC(C)c1cc(OC(=O)C(C)(C)CCl)n(-c2ccccc2)n1. The van der Waals surface area contributed by atoms with Crippen LogP contribution < -0.4 is 4.74 Å². The van der Waals surface area contributed by atoms with Crippen molar-refractivity contribution < 1.29 is 9.53 Å². The summed E-state index contributed by atoms with van der Waals surface area (Å²) >= 11 is 5.84. The van der Waals surface area contributed by atoms with Gasteiger partial charge >= 0.3 is 5.97 Å². The molecule has 118 valence electrons. The molecule has 0 spiro atoms. The van der Waals surface area contributed by atoms with E-state index in [2.05, 4.69) is 5.10 Å². The number of esters is 1. The standard InChI is InChI=1S/C17H21ClN2O2/c1-12(2)14-10-15(22-16(21)17(3,4)11-18)20(19-14)13-8-6-5-7-9-13/h5-10,12H,11H2,1-4H3. The lowest BCUT2D eigenvalue weighted by molar-refractivity contribution is -0.143. The Morgan fingerprint density at radius 1 is 1.32 bits per heavy atom. The fourth-order valence-electron chi connectivity index (χ4n) is 1.78. The molecule has 2 rings (SSSR count). The van der Waals surface area contributed by atoms with Crippen LogP contribution >= 0.6 is 11.6 Å². The second-order valence-electron chi connectivity index (χ2n) is 6.22. The number of alkyl halides is 1. The molecule has 5 heteroatoms. The molecule has 4 nitrogen and oxygen atoms in total. The zero-order valence-electron chi connectivity index (χ0n) is 13.3. The van der Waals surface area contributed by atoms with Gasteiger partial charge in [0.2, 0.25) is 5.88 Å². The van der Waals surface area contributed by atoms with E-state index in [9.17, 15) is 4.79 Å². The van der Waals surface area contributed by atoms with E-state index in [0.29, 0.717) is 5.88 Å². The first-order valence-electron chi connectivity index (χ1n) is 7.29. The summed E-state index contributed by atoms with van der Waals surface area (Å²) in [7, 11) is 0. The molecule has 22 heavy (non-hydrogen) atoms. The van der Waals surface area contributed by atoms with E-state index in [1.54, 1.807) is 24.6 Å². The molecule has 1 aromatic carbocycles. The Morgan fingerprint density at radius 2 is 1.95 bits per heavy atom. The number of hydrogen-bond donors (Lipinski definition) is 0. The highest BCUT2D eigenvalue weighted by Crippen LogP contribution is 2.27. The third-order valence-corrected chi connectivity index (χ3v) is 4.04. The summed E-state index contributed by atoms with van der Waals surface area (Å²) in [4.78, 5) is 12.3. The number of hydrogen-bond acceptors (Lipinski definition) is 3. The lowest BCUT2D eigenvalue weighted by Crippen LogP contribution is -2.31. The number of ether oxygens (including phenoxy) is 1. The van der Waals surface area contributed by atoms with E-state index in [-0.39, 0.29) is 17.8 Å². The summed E-state index contributed by atoms with van der Waals surface area (Å²) in [5.74, 6) is 0.485. The number of aromatic nitrogens is 2. The molecule has 0 N–H and O–H groups in total. The van der Waals surface area contributed by atoms with Crippen molar-refractivity contribution in [2.75, 3.05) is 5.88 Å². The Bertz CT molecular complexity index is 648. The molecule has 1 heterocycles. The molecule has 0 fully saturated rings. The Morgan fingerprint density at radius 3 is 2.50 bits per heavy atom. The fraction of sp³-hybridized carbons (Fsp3) is 0.412. The maximum absolute atomic E-state index is 12.3. The van der Waals surface area contributed by atoms with Gasteiger partial charge < -0.3 is 4.74 Å². The van der Waals surface area contributed by atoms with Gasteiger partial charge in [0, 0.05) is 11.9 Å². The third-order valence-electron chi connectivity index (χ3n) is 3.37. The summed E-state index contributed by atoms with van der Waals surface area (Å²) in [6.07, 6.45) is 0. The Kier molecular flexibility index (Phi) is 4.91. The maximum atomic E-state index is 12.3. The molecular weight excluding hydrogens is 300 g/mol. The largest absolute Gasteiger partial charge is 0.407 e. The molecule has 0 atom stereocenters. The third kappa shape index (κ3) is 3.50. The lowest BCUT2D eigenvalue weighted by atomic mass is 9.97. The van der Waals surface area contributed by atoms with Crippen molar-refractivity contribution >= 4 is 17.6 Å². The van der Waals surface area contributed by atoms with E-state index in [1.165, 1.54) is 0 Å². The number of carbonyl (C=O) groups excluding carboxylic acids is 1. The number of nitrogens with zero attached hydrogens (tertiary/aromatic N) is 2. The minimum atomic E-state index is -0.745. The van der Waals surface area contributed by atoms with Gasteiger partial charge in [-0.05, 0) is 31.9 Å². The first kappa shape index (κ1) is 16.6. The van der Waals surface area contributed by atoms with Crippen LogP contribution in [0, 0.1) is 5.41 Å². The number of rotatable bonds is 5. The molecule has 0 aliphatic rings. The minimum absolute atomic E-state index is 0.197. The van der Waals surface area contributed by atoms with Gasteiger partial charge in [-0.25, -0.2) is 4.68 Å². The van der Waals surface area contributed by atoms with Crippen molar-refractivity contribution in [3.63, 3.8) is 0 Å². The molecule has 0 bridgehead atoms. The molecule has 2 aromatic rings. The minimum Gasteiger partial charge on any atom is -0.407 e. The van der Waals surface area contributed by atoms with Crippen molar-refractivity contribution in [1.29, 1.82) is 0 Å². The van der Waals surface area contributed by atoms with Gasteiger partial charge in [0.05, 0.1) is 16.8 Å². The topological polar surface area (TPSA) is 44.1 Å². The highest BCUT2D eigenvalue weighted by atomic mass is 35.5. The predicted octanol–water partition coefficient (Wildman–Crippen LogP) is 4.17. The van der Waals surface area contributed by atoms with Gasteiger partial charge in [-0.15, -0.1) is 11.6 Å². The highest BCUT2D eigenvalue weighted by molar-refractivity contribution is 6.19. The van der Waals surface area contributed by atoms with Gasteiger partial charge in [-0.3, -0.25) is 4.79 Å². The molecule has 0 aliphatic heterocycles. The first-order valence-corrected chi connectivity index (χ1v) is 7.82. The zero-order valence-corrected chi connectivity index (χ0v) is 14.1. The Labute approximate surface area is 136 Å². The molecule has 0 saturated carbocycles. The number of para-hydroxylation sites is 1. The molecule has 0 unspecified atom stereocenters. The number of carbonyl (C=O) groups is 1.